The number of hydrogen-bond acceptors (Lipinski definition) is 3. The van der Waals surface area contributed by atoms with Gasteiger partial charge in [-0.15, -0.1) is 0 Å². The Morgan fingerprint density at radius 3 is 2.42 bits per heavy atom. The standard InChI is InChI=1S/C8H15NO2S/c1-6(2)7(10)5-9-8(11)3-4-12/h6,12H,3-5H2,1-2H3,(H,9,11). The molecule has 0 aromatic heterocycles. The van der Waals surface area contributed by atoms with Crippen LogP contribution in [0.5, 0.6) is 0 Å². The van der Waals surface area contributed by atoms with Crippen LogP contribution >= 0.6 is 12.6 Å². The summed E-state index contributed by atoms with van der Waals surface area (Å²) in [4.78, 5) is 21.9. The Hall–Kier alpha value is -0.510. The van der Waals surface area contributed by atoms with Crippen LogP contribution in [0.3, 0.4) is 0 Å². The van der Waals surface area contributed by atoms with Crippen molar-refractivity contribution in [2.45, 2.75) is 20.3 Å². The molecule has 0 atom stereocenters. The molecule has 70 valence electrons. The summed E-state index contributed by atoms with van der Waals surface area (Å²) in [6.45, 7) is 3.77. The Morgan fingerprint density at radius 1 is 1.42 bits per heavy atom. The fraction of sp³-hybridized carbons (Fsp3) is 0.750. The maximum absolute atomic E-state index is 11.0. The first kappa shape index (κ1) is 11.5. The lowest BCUT2D eigenvalue weighted by molar-refractivity contribution is -0.126. The fourth-order valence-corrected chi connectivity index (χ4v) is 0.783. The van der Waals surface area contributed by atoms with Crippen LogP contribution in [0.4, 0.5) is 0 Å². The first-order chi connectivity index (χ1) is 5.57. The molecule has 12 heavy (non-hydrogen) atoms. The van der Waals surface area contributed by atoms with Crippen molar-refractivity contribution in [1.29, 1.82) is 0 Å². The molecule has 4 heteroatoms. The van der Waals surface area contributed by atoms with E-state index in [0.717, 1.165) is 0 Å². The second-order valence-electron chi connectivity index (χ2n) is 2.87. The summed E-state index contributed by atoms with van der Waals surface area (Å²) < 4.78 is 0. The summed E-state index contributed by atoms with van der Waals surface area (Å²) in [5.41, 5.74) is 0. The molecule has 0 saturated carbocycles. The van der Waals surface area contributed by atoms with Crippen molar-refractivity contribution in [3.63, 3.8) is 0 Å². The van der Waals surface area contributed by atoms with E-state index in [1.165, 1.54) is 0 Å². The zero-order valence-corrected chi connectivity index (χ0v) is 8.36. The van der Waals surface area contributed by atoms with Gasteiger partial charge in [-0.25, -0.2) is 0 Å². The molecular formula is C8H15NO2S. The average molecular weight is 189 g/mol. The van der Waals surface area contributed by atoms with Crippen molar-refractivity contribution in [3.05, 3.63) is 0 Å². The lowest BCUT2D eigenvalue weighted by Gasteiger charge is -2.05. The summed E-state index contributed by atoms with van der Waals surface area (Å²) in [6, 6.07) is 0. The van der Waals surface area contributed by atoms with Crippen molar-refractivity contribution in [2.24, 2.45) is 5.92 Å². The zero-order valence-electron chi connectivity index (χ0n) is 7.46. The van der Waals surface area contributed by atoms with Gasteiger partial charge in [0.05, 0.1) is 6.54 Å². The quantitative estimate of drug-likeness (QED) is 0.624. The Morgan fingerprint density at radius 2 is 2.00 bits per heavy atom. The number of carbonyl (C=O) groups excluding carboxylic acids is 2. The molecule has 1 amide bonds. The van der Waals surface area contributed by atoms with E-state index in [0.29, 0.717) is 12.2 Å². The summed E-state index contributed by atoms with van der Waals surface area (Å²) in [6.07, 6.45) is 0.370. The van der Waals surface area contributed by atoms with Crippen molar-refractivity contribution >= 4 is 24.3 Å². The second-order valence-corrected chi connectivity index (χ2v) is 3.32. The molecule has 0 aromatic carbocycles. The van der Waals surface area contributed by atoms with Crippen LogP contribution in [0.15, 0.2) is 0 Å². The first-order valence-electron chi connectivity index (χ1n) is 3.98. The molecule has 0 spiro atoms. The molecule has 0 aromatic rings. The predicted octanol–water partition coefficient (Wildman–Crippen LogP) is 0.648. The highest BCUT2D eigenvalue weighted by molar-refractivity contribution is 7.80. The molecule has 0 aliphatic rings. The number of ketones is 1. The Labute approximate surface area is 78.3 Å². The van der Waals surface area contributed by atoms with Gasteiger partial charge in [0, 0.05) is 12.3 Å². The molecule has 1 N–H and O–H groups in total. The molecule has 0 saturated heterocycles. The lowest BCUT2D eigenvalue weighted by atomic mass is 10.1. The third-order valence-electron chi connectivity index (χ3n) is 1.44. The molecular weight excluding hydrogens is 174 g/mol. The Balaban J connectivity index is 3.54. The number of Topliss-reactive ketones (excluding diaryl/α,β-unsaturated/α-hetero) is 1. The smallest absolute Gasteiger partial charge is 0.221 e. The van der Waals surface area contributed by atoms with Gasteiger partial charge >= 0.3 is 0 Å². The SMILES string of the molecule is CC(C)C(=O)CNC(=O)CCS. The van der Waals surface area contributed by atoms with Gasteiger partial charge in [0.1, 0.15) is 0 Å². The highest BCUT2D eigenvalue weighted by Gasteiger charge is 2.07. The van der Waals surface area contributed by atoms with E-state index in [4.69, 9.17) is 0 Å². The Bertz CT molecular complexity index is 168. The second kappa shape index (κ2) is 6.06. The highest BCUT2D eigenvalue weighted by Crippen LogP contribution is 1.92. The minimum atomic E-state index is -0.112. The van der Waals surface area contributed by atoms with E-state index >= 15 is 0 Å². The number of amides is 1. The van der Waals surface area contributed by atoms with Crippen LogP contribution in [-0.2, 0) is 9.59 Å². The van der Waals surface area contributed by atoms with Crippen molar-refractivity contribution in [3.8, 4) is 0 Å². The van der Waals surface area contributed by atoms with E-state index in [2.05, 4.69) is 17.9 Å². The van der Waals surface area contributed by atoms with Gasteiger partial charge in [0.15, 0.2) is 5.78 Å². The van der Waals surface area contributed by atoms with Crippen LogP contribution in [0.1, 0.15) is 20.3 Å². The van der Waals surface area contributed by atoms with Gasteiger partial charge in [-0.3, -0.25) is 9.59 Å². The van der Waals surface area contributed by atoms with Gasteiger partial charge in [-0.05, 0) is 5.75 Å². The first-order valence-corrected chi connectivity index (χ1v) is 4.61. The molecule has 0 heterocycles. The van der Waals surface area contributed by atoms with E-state index in [9.17, 15) is 9.59 Å². The summed E-state index contributed by atoms with van der Waals surface area (Å²) in [5.74, 6) is 0.449. The molecule has 0 rings (SSSR count). The van der Waals surface area contributed by atoms with Crippen molar-refractivity contribution in [2.75, 3.05) is 12.3 Å². The third kappa shape index (κ3) is 5.18. The van der Waals surface area contributed by atoms with E-state index in [-0.39, 0.29) is 24.2 Å². The van der Waals surface area contributed by atoms with E-state index in [1.54, 1.807) is 0 Å². The number of nitrogens with one attached hydrogen (secondary N) is 1. The van der Waals surface area contributed by atoms with Gasteiger partial charge in [0.2, 0.25) is 5.91 Å². The van der Waals surface area contributed by atoms with Crippen LogP contribution in [0.2, 0.25) is 0 Å². The molecule has 0 unspecified atom stereocenters. The summed E-state index contributed by atoms with van der Waals surface area (Å²) in [7, 11) is 0. The summed E-state index contributed by atoms with van der Waals surface area (Å²) >= 11 is 3.90. The predicted molar refractivity (Wildman–Crippen MR) is 51.3 cm³/mol. The fourth-order valence-electron chi connectivity index (χ4n) is 0.580. The normalized spacial score (nSPS) is 10.0. The number of hydrogen-bond donors (Lipinski definition) is 2. The molecule has 0 fully saturated rings. The number of thiol groups is 1. The van der Waals surface area contributed by atoms with Gasteiger partial charge in [0.25, 0.3) is 0 Å². The molecule has 0 radical (unpaired) electrons. The molecule has 0 aliphatic heterocycles. The highest BCUT2D eigenvalue weighted by atomic mass is 32.1. The van der Waals surface area contributed by atoms with Crippen LogP contribution in [0, 0.1) is 5.92 Å². The zero-order chi connectivity index (χ0) is 9.56. The van der Waals surface area contributed by atoms with E-state index < -0.39 is 0 Å². The van der Waals surface area contributed by atoms with Gasteiger partial charge in [-0.2, -0.15) is 12.6 Å². The van der Waals surface area contributed by atoms with Crippen LogP contribution in [0.25, 0.3) is 0 Å². The minimum Gasteiger partial charge on any atom is -0.349 e. The monoisotopic (exact) mass is 189 g/mol. The van der Waals surface area contributed by atoms with Gasteiger partial charge in [-0.1, -0.05) is 13.8 Å². The summed E-state index contributed by atoms with van der Waals surface area (Å²) in [5, 5.41) is 2.53. The topological polar surface area (TPSA) is 46.2 Å². The van der Waals surface area contributed by atoms with Crippen LogP contribution in [-0.4, -0.2) is 24.0 Å². The van der Waals surface area contributed by atoms with Crippen molar-refractivity contribution in [1.82, 2.24) is 5.32 Å². The number of carbonyl (C=O) groups is 2. The maximum atomic E-state index is 11.0. The molecule has 0 aliphatic carbocycles. The average Bonchev–Trinajstić information content (AvgIpc) is 2.00. The minimum absolute atomic E-state index is 0.0127. The van der Waals surface area contributed by atoms with Crippen molar-refractivity contribution < 1.29 is 9.59 Å². The largest absolute Gasteiger partial charge is 0.349 e. The molecule has 0 bridgehead atoms. The van der Waals surface area contributed by atoms with Crippen LogP contribution < -0.4 is 5.32 Å². The number of rotatable bonds is 5. The lowest BCUT2D eigenvalue weighted by Crippen LogP contribution is -2.31. The van der Waals surface area contributed by atoms with Gasteiger partial charge < -0.3 is 5.32 Å². The maximum Gasteiger partial charge on any atom is 0.221 e. The van der Waals surface area contributed by atoms with E-state index in [1.807, 2.05) is 13.8 Å². The Kier molecular flexibility index (Phi) is 5.80. The third-order valence-corrected chi connectivity index (χ3v) is 1.67. The molecule has 3 nitrogen and oxygen atoms in total.